The number of esters is 1. The lowest BCUT2D eigenvalue weighted by atomic mass is 9.93. The fourth-order valence-electron chi connectivity index (χ4n) is 4.01. The normalized spacial score (nSPS) is 17.1. The molecule has 1 aromatic heterocycles. The van der Waals surface area contributed by atoms with E-state index in [-0.39, 0.29) is 12.3 Å². The molecule has 9 heteroatoms. The number of ether oxygens (including phenoxy) is 1. The first-order valence-corrected chi connectivity index (χ1v) is 11.9. The van der Waals surface area contributed by atoms with Crippen LogP contribution in [0.3, 0.4) is 0 Å². The van der Waals surface area contributed by atoms with Crippen molar-refractivity contribution >= 4 is 28.8 Å². The molecule has 0 radical (unpaired) electrons. The molecule has 3 heterocycles. The summed E-state index contributed by atoms with van der Waals surface area (Å²) in [6.07, 6.45) is 2.95. The summed E-state index contributed by atoms with van der Waals surface area (Å²) in [6, 6.07) is 11.1. The number of nitrogens with one attached hydrogen (secondary N) is 1. The maximum Gasteiger partial charge on any atom is 0.338 e. The topological polar surface area (TPSA) is 83.9 Å². The van der Waals surface area contributed by atoms with Gasteiger partial charge in [-0.1, -0.05) is 36.9 Å². The number of carbonyl (C=O) groups excluding carboxylic acids is 2. The number of hydrogen-bond acceptors (Lipinski definition) is 7. The third-order valence-corrected chi connectivity index (χ3v) is 6.45. The van der Waals surface area contributed by atoms with E-state index in [1.54, 1.807) is 18.3 Å². The van der Waals surface area contributed by atoms with Gasteiger partial charge < -0.3 is 15.0 Å². The monoisotopic (exact) mass is 480 g/mol. The van der Waals surface area contributed by atoms with Crippen molar-refractivity contribution in [3.8, 4) is 0 Å². The Hall–Kier alpha value is -3.46. The largest absolute Gasteiger partial charge is 0.466 e. The molecule has 0 fully saturated rings. The number of thioether (sulfide) groups is 1. The van der Waals surface area contributed by atoms with Crippen molar-refractivity contribution in [3.05, 3.63) is 88.1 Å². The second-order valence-electron chi connectivity index (χ2n) is 7.75. The number of methoxy groups -OCH3 is 1. The number of halogens is 1. The number of rotatable bonds is 8. The fourth-order valence-corrected chi connectivity index (χ4v) is 4.94. The van der Waals surface area contributed by atoms with Crippen LogP contribution in [0, 0.1) is 5.82 Å². The summed E-state index contributed by atoms with van der Waals surface area (Å²) in [5.41, 5.74) is 3.11. The van der Waals surface area contributed by atoms with Gasteiger partial charge in [0.2, 0.25) is 5.91 Å². The SMILES string of the molecule is CCC1=C(C(=O)OC)C(c2cccc(F)c2)N2C(CC(=O)NCCc3ccccn3)=CSC2=N1. The summed E-state index contributed by atoms with van der Waals surface area (Å²) < 4.78 is 19.2. The van der Waals surface area contributed by atoms with E-state index < -0.39 is 17.8 Å². The molecule has 4 rings (SSSR count). The minimum atomic E-state index is -0.645. The third kappa shape index (κ3) is 5.04. The van der Waals surface area contributed by atoms with Gasteiger partial charge in [0.05, 0.1) is 30.8 Å². The molecule has 2 aliphatic heterocycles. The quantitative estimate of drug-likeness (QED) is 0.573. The molecular formula is C25H25FN4O3S. The zero-order valence-corrected chi connectivity index (χ0v) is 19.8. The summed E-state index contributed by atoms with van der Waals surface area (Å²) in [6.45, 7) is 2.36. The van der Waals surface area contributed by atoms with Gasteiger partial charge in [0.15, 0.2) is 5.17 Å². The number of fused-ring (bicyclic) bond motifs is 1. The summed E-state index contributed by atoms with van der Waals surface area (Å²) in [4.78, 5) is 36.3. The number of pyridine rings is 1. The standard InChI is InChI=1S/C25H25FN4O3S/c1-3-20-22(24(32)33-2)23(16-7-6-8-17(26)13-16)30-19(15-34-25(30)29-20)14-21(31)28-12-10-18-9-4-5-11-27-18/h4-9,11,13,15,23H,3,10,12,14H2,1-2H3,(H,28,31). The summed E-state index contributed by atoms with van der Waals surface area (Å²) in [5, 5.41) is 5.43. The molecule has 2 aliphatic rings. The van der Waals surface area contributed by atoms with Crippen LogP contribution >= 0.6 is 11.8 Å². The van der Waals surface area contributed by atoms with Crippen molar-refractivity contribution in [2.45, 2.75) is 32.2 Å². The maximum absolute atomic E-state index is 14.2. The number of amides is 1. The van der Waals surface area contributed by atoms with Crippen LogP contribution < -0.4 is 5.32 Å². The van der Waals surface area contributed by atoms with Gasteiger partial charge in [-0.25, -0.2) is 14.2 Å². The first-order chi connectivity index (χ1) is 16.5. The van der Waals surface area contributed by atoms with Crippen molar-refractivity contribution in [1.29, 1.82) is 0 Å². The van der Waals surface area contributed by atoms with Gasteiger partial charge in [-0.3, -0.25) is 9.78 Å². The van der Waals surface area contributed by atoms with Gasteiger partial charge in [-0.05, 0) is 41.7 Å². The van der Waals surface area contributed by atoms with Crippen LogP contribution in [-0.4, -0.2) is 40.6 Å². The summed E-state index contributed by atoms with van der Waals surface area (Å²) in [5.74, 6) is -1.09. The lowest BCUT2D eigenvalue weighted by Crippen LogP contribution is -2.38. The Balaban J connectivity index is 1.57. The molecule has 0 bridgehead atoms. The predicted molar refractivity (Wildman–Crippen MR) is 129 cm³/mol. The van der Waals surface area contributed by atoms with Gasteiger partial charge in [-0.2, -0.15) is 0 Å². The Morgan fingerprint density at radius 3 is 2.79 bits per heavy atom. The number of aliphatic imine (C=N–C) groups is 1. The maximum atomic E-state index is 14.2. The van der Waals surface area contributed by atoms with Gasteiger partial charge in [-0.15, -0.1) is 0 Å². The molecule has 0 saturated carbocycles. The first-order valence-electron chi connectivity index (χ1n) is 11.0. The number of benzene rings is 1. The van der Waals surface area contributed by atoms with E-state index in [0.29, 0.717) is 47.1 Å². The number of aromatic nitrogens is 1. The fraction of sp³-hybridized carbons (Fsp3) is 0.280. The van der Waals surface area contributed by atoms with Crippen LogP contribution in [-0.2, 0) is 20.7 Å². The molecule has 0 saturated heterocycles. The van der Waals surface area contributed by atoms with Crippen LogP contribution in [0.1, 0.15) is 37.1 Å². The molecule has 1 atom stereocenters. The average molecular weight is 481 g/mol. The van der Waals surface area contributed by atoms with Crippen LogP contribution in [0.15, 0.2) is 76.0 Å². The van der Waals surface area contributed by atoms with Gasteiger partial charge >= 0.3 is 5.97 Å². The Morgan fingerprint density at radius 1 is 1.24 bits per heavy atom. The highest BCUT2D eigenvalue weighted by molar-refractivity contribution is 8.16. The number of hydrogen-bond donors (Lipinski definition) is 1. The number of amidine groups is 1. The van der Waals surface area contributed by atoms with Crippen LogP contribution in [0.5, 0.6) is 0 Å². The third-order valence-electron chi connectivity index (χ3n) is 5.56. The first kappa shape index (κ1) is 23.7. The lowest BCUT2D eigenvalue weighted by molar-refractivity contribution is -0.136. The smallest absolute Gasteiger partial charge is 0.338 e. The number of carbonyl (C=O) groups is 2. The Morgan fingerprint density at radius 2 is 2.09 bits per heavy atom. The van der Waals surface area contributed by atoms with E-state index in [4.69, 9.17) is 4.74 Å². The van der Waals surface area contributed by atoms with Crippen molar-refractivity contribution < 1.29 is 18.7 Å². The molecule has 1 aromatic carbocycles. The predicted octanol–water partition coefficient (Wildman–Crippen LogP) is 4.11. The molecule has 1 unspecified atom stereocenters. The van der Waals surface area contributed by atoms with E-state index in [0.717, 1.165) is 5.69 Å². The van der Waals surface area contributed by atoms with Crippen LogP contribution in [0.4, 0.5) is 4.39 Å². The number of nitrogens with zero attached hydrogens (tertiary/aromatic N) is 3. The zero-order valence-electron chi connectivity index (χ0n) is 19.0. The average Bonchev–Trinajstić information content (AvgIpc) is 3.25. The molecular weight excluding hydrogens is 455 g/mol. The van der Waals surface area contributed by atoms with E-state index in [2.05, 4.69) is 15.3 Å². The zero-order chi connectivity index (χ0) is 24.1. The van der Waals surface area contributed by atoms with E-state index in [9.17, 15) is 14.0 Å². The van der Waals surface area contributed by atoms with Gasteiger partial charge in [0.25, 0.3) is 0 Å². The highest BCUT2D eigenvalue weighted by atomic mass is 32.2. The van der Waals surface area contributed by atoms with Crippen molar-refractivity contribution in [2.75, 3.05) is 13.7 Å². The summed E-state index contributed by atoms with van der Waals surface area (Å²) in [7, 11) is 1.31. The molecule has 0 spiro atoms. The highest BCUT2D eigenvalue weighted by Gasteiger charge is 2.41. The molecule has 2 aromatic rings. The van der Waals surface area contributed by atoms with Gasteiger partial charge in [0, 0.05) is 30.6 Å². The van der Waals surface area contributed by atoms with Crippen molar-refractivity contribution in [3.63, 3.8) is 0 Å². The Kier molecular flexibility index (Phi) is 7.42. The van der Waals surface area contributed by atoms with E-state index in [1.807, 2.05) is 35.4 Å². The second-order valence-corrected chi connectivity index (χ2v) is 8.59. The van der Waals surface area contributed by atoms with Crippen molar-refractivity contribution in [2.24, 2.45) is 4.99 Å². The van der Waals surface area contributed by atoms with E-state index >= 15 is 0 Å². The lowest BCUT2D eigenvalue weighted by Gasteiger charge is -2.36. The minimum absolute atomic E-state index is 0.0932. The number of allylic oxidation sites excluding steroid dienone is 1. The summed E-state index contributed by atoms with van der Waals surface area (Å²) >= 11 is 1.38. The Bertz CT molecular complexity index is 1180. The second kappa shape index (κ2) is 10.6. The minimum Gasteiger partial charge on any atom is -0.466 e. The highest BCUT2D eigenvalue weighted by Crippen LogP contribution is 2.45. The molecule has 34 heavy (non-hydrogen) atoms. The van der Waals surface area contributed by atoms with Crippen LogP contribution in [0.2, 0.25) is 0 Å². The molecule has 176 valence electrons. The van der Waals surface area contributed by atoms with Crippen LogP contribution in [0.25, 0.3) is 0 Å². The Labute approximate surface area is 201 Å². The van der Waals surface area contributed by atoms with Crippen molar-refractivity contribution in [1.82, 2.24) is 15.2 Å². The van der Waals surface area contributed by atoms with E-state index in [1.165, 1.54) is 31.0 Å². The molecule has 0 aliphatic carbocycles. The molecule has 7 nitrogen and oxygen atoms in total. The van der Waals surface area contributed by atoms with Gasteiger partial charge in [0.1, 0.15) is 5.82 Å². The molecule has 1 amide bonds. The molecule has 1 N–H and O–H groups in total.